The maximum Gasteiger partial charge on any atom is 0.254 e. The predicted octanol–water partition coefficient (Wildman–Crippen LogP) is 5.69. The zero-order chi connectivity index (χ0) is 22.9. The predicted molar refractivity (Wildman–Crippen MR) is 129 cm³/mol. The molecule has 0 aliphatic heterocycles. The first kappa shape index (κ1) is 23.5. The zero-order valence-corrected chi connectivity index (χ0v) is 19.6. The van der Waals surface area contributed by atoms with E-state index >= 15 is 0 Å². The lowest BCUT2D eigenvalue weighted by Crippen LogP contribution is -2.32. The van der Waals surface area contributed by atoms with Crippen molar-refractivity contribution in [2.75, 3.05) is 20.8 Å². The number of amides is 1. The van der Waals surface area contributed by atoms with Gasteiger partial charge in [0.2, 0.25) is 0 Å². The quantitative estimate of drug-likeness (QED) is 0.364. The Morgan fingerprint density at radius 1 is 0.969 bits per heavy atom. The normalized spacial score (nSPS) is 10.8. The van der Waals surface area contributed by atoms with Crippen LogP contribution in [0.2, 0.25) is 0 Å². The Balaban J connectivity index is 1.84. The lowest BCUT2D eigenvalue weighted by atomic mass is 10.1. The molecule has 0 saturated carbocycles. The summed E-state index contributed by atoms with van der Waals surface area (Å²) in [6.45, 7) is 6.33. The van der Waals surface area contributed by atoms with Crippen molar-refractivity contribution in [3.05, 3.63) is 83.2 Å². The largest absolute Gasteiger partial charge is 0.497 e. The number of rotatable bonds is 11. The van der Waals surface area contributed by atoms with Gasteiger partial charge in [-0.05, 0) is 43.2 Å². The first-order valence-corrected chi connectivity index (χ1v) is 11.3. The summed E-state index contributed by atoms with van der Waals surface area (Å²) in [7, 11) is 3.19. The number of nitrogens with zero attached hydrogens (tertiary/aromatic N) is 2. The van der Waals surface area contributed by atoms with Crippen molar-refractivity contribution in [1.82, 2.24) is 9.47 Å². The van der Waals surface area contributed by atoms with Gasteiger partial charge >= 0.3 is 0 Å². The minimum Gasteiger partial charge on any atom is -0.497 e. The van der Waals surface area contributed by atoms with Crippen LogP contribution in [-0.2, 0) is 13.1 Å². The number of hydrogen-bond donors (Lipinski definition) is 0. The fraction of sp³-hybridized carbons (Fsp3) is 0.370. The molecule has 3 rings (SSSR count). The van der Waals surface area contributed by atoms with Gasteiger partial charge in [0.05, 0.1) is 20.8 Å². The molecule has 0 aliphatic carbocycles. The molecule has 5 heteroatoms. The van der Waals surface area contributed by atoms with Crippen molar-refractivity contribution in [2.24, 2.45) is 0 Å². The zero-order valence-electron chi connectivity index (χ0n) is 19.6. The van der Waals surface area contributed by atoms with Crippen LogP contribution in [0.1, 0.15) is 53.4 Å². The molecule has 170 valence electrons. The average Bonchev–Trinajstić information content (AvgIpc) is 3.24. The number of carbonyl (C=O) groups is 1. The summed E-state index contributed by atoms with van der Waals surface area (Å²) in [5.74, 6) is 1.22. The second kappa shape index (κ2) is 11.4. The lowest BCUT2D eigenvalue weighted by molar-refractivity contribution is 0.0735. The highest BCUT2D eigenvalue weighted by Crippen LogP contribution is 2.24. The van der Waals surface area contributed by atoms with E-state index in [0.717, 1.165) is 31.5 Å². The third-order valence-corrected chi connectivity index (χ3v) is 5.63. The van der Waals surface area contributed by atoms with Gasteiger partial charge in [-0.15, -0.1) is 0 Å². The Bertz CT molecular complexity index is 1000. The summed E-state index contributed by atoms with van der Waals surface area (Å²) in [5.41, 5.74) is 4.20. The first-order valence-electron chi connectivity index (χ1n) is 11.3. The molecule has 0 bridgehead atoms. The van der Waals surface area contributed by atoms with Gasteiger partial charge in [0.15, 0.2) is 0 Å². The van der Waals surface area contributed by atoms with Gasteiger partial charge < -0.3 is 18.9 Å². The molecule has 0 spiro atoms. The van der Waals surface area contributed by atoms with Crippen LogP contribution in [-0.4, -0.2) is 36.1 Å². The van der Waals surface area contributed by atoms with E-state index < -0.39 is 0 Å². The van der Waals surface area contributed by atoms with Crippen molar-refractivity contribution in [3.63, 3.8) is 0 Å². The van der Waals surface area contributed by atoms with Gasteiger partial charge in [0.1, 0.15) is 11.5 Å². The molecule has 0 fully saturated rings. The van der Waals surface area contributed by atoms with Crippen molar-refractivity contribution in [2.45, 2.75) is 46.2 Å². The molecular weight excluding hydrogens is 400 g/mol. The van der Waals surface area contributed by atoms with Crippen molar-refractivity contribution in [3.8, 4) is 11.5 Å². The van der Waals surface area contributed by atoms with E-state index in [0.29, 0.717) is 30.2 Å². The SMILES string of the molecule is CCCCCN(Cc1cccn1Cc1cccc(C)c1)C(=O)c1cc(OC)cc(OC)c1. The maximum atomic E-state index is 13.5. The monoisotopic (exact) mass is 434 g/mol. The van der Waals surface area contributed by atoms with E-state index in [9.17, 15) is 4.79 Å². The van der Waals surface area contributed by atoms with Gasteiger partial charge in [-0.1, -0.05) is 49.6 Å². The Labute approximate surface area is 191 Å². The van der Waals surface area contributed by atoms with E-state index in [4.69, 9.17) is 9.47 Å². The summed E-state index contributed by atoms with van der Waals surface area (Å²) in [6, 6.07) is 18.0. The van der Waals surface area contributed by atoms with Crippen LogP contribution < -0.4 is 9.47 Å². The van der Waals surface area contributed by atoms with E-state index in [1.54, 1.807) is 32.4 Å². The van der Waals surface area contributed by atoms with Gasteiger partial charge in [0, 0.05) is 36.6 Å². The summed E-state index contributed by atoms with van der Waals surface area (Å²) in [6.07, 6.45) is 5.26. The highest BCUT2D eigenvalue weighted by Gasteiger charge is 2.19. The molecule has 0 radical (unpaired) electrons. The number of ether oxygens (including phenoxy) is 2. The second-order valence-electron chi connectivity index (χ2n) is 8.15. The number of aromatic nitrogens is 1. The molecule has 0 unspecified atom stereocenters. The van der Waals surface area contributed by atoms with Gasteiger partial charge in [0.25, 0.3) is 5.91 Å². The third-order valence-electron chi connectivity index (χ3n) is 5.63. The number of unbranched alkanes of at least 4 members (excludes halogenated alkanes) is 2. The molecule has 32 heavy (non-hydrogen) atoms. The third kappa shape index (κ3) is 6.16. The van der Waals surface area contributed by atoms with E-state index in [1.165, 1.54) is 11.1 Å². The number of hydrogen-bond acceptors (Lipinski definition) is 3. The van der Waals surface area contributed by atoms with Crippen molar-refractivity contribution in [1.29, 1.82) is 0 Å². The first-order chi connectivity index (χ1) is 15.5. The number of carbonyl (C=O) groups excluding carboxylic acids is 1. The van der Waals surface area contributed by atoms with E-state index in [2.05, 4.69) is 61.0 Å². The number of methoxy groups -OCH3 is 2. The molecule has 1 heterocycles. The Kier molecular flexibility index (Phi) is 8.37. The standard InChI is InChI=1S/C27H34N2O3/c1-5-6-7-13-29(27(30)23-16-25(31-3)18-26(17-23)32-4)20-24-12-9-14-28(24)19-22-11-8-10-21(2)15-22/h8-12,14-18H,5-7,13,19-20H2,1-4H3. The van der Waals surface area contributed by atoms with Crippen molar-refractivity contribution >= 4 is 5.91 Å². The molecule has 0 atom stereocenters. The second-order valence-corrected chi connectivity index (χ2v) is 8.15. The molecular formula is C27H34N2O3. The highest BCUT2D eigenvalue weighted by molar-refractivity contribution is 5.95. The van der Waals surface area contributed by atoms with E-state index in [1.807, 2.05) is 4.90 Å². The maximum absolute atomic E-state index is 13.5. The van der Waals surface area contributed by atoms with Crippen LogP contribution in [0.15, 0.2) is 60.8 Å². The summed E-state index contributed by atoms with van der Waals surface area (Å²) in [5, 5.41) is 0. The minimum atomic E-state index is -0.0124. The van der Waals surface area contributed by atoms with E-state index in [-0.39, 0.29) is 5.91 Å². The Hall–Kier alpha value is -3.21. The Morgan fingerprint density at radius 2 is 1.72 bits per heavy atom. The molecule has 0 aliphatic rings. The van der Waals surface area contributed by atoms with Gasteiger partial charge in [-0.3, -0.25) is 4.79 Å². The molecule has 0 N–H and O–H groups in total. The summed E-state index contributed by atoms with van der Waals surface area (Å²) in [4.78, 5) is 15.5. The van der Waals surface area contributed by atoms with Crippen LogP contribution in [0.3, 0.4) is 0 Å². The number of aryl methyl sites for hydroxylation is 1. The molecule has 1 amide bonds. The van der Waals surface area contributed by atoms with Gasteiger partial charge in [-0.2, -0.15) is 0 Å². The van der Waals surface area contributed by atoms with Crippen LogP contribution in [0.4, 0.5) is 0 Å². The lowest BCUT2D eigenvalue weighted by Gasteiger charge is -2.24. The van der Waals surface area contributed by atoms with Crippen LogP contribution in [0.25, 0.3) is 0 Å². The molecule has 3 aromatic rings. The van der Waals surface area contributed by atoms with Crippen LogP contribution in [0, 0.1) is 6.92 Å². The molecule has 0 saturated heterocycles. The fourth-order valence-corrected chi connectivity index (χ4v) is 3.87. The highest BCUT2D eigenvalue weighted by atomic mass is 16.5. The molecule has 5 nitrogen and oxygen atoms in total. The van der Waals surface area contributed by atoms with Crippen LogP contribution in [0.5, 0.6) is 11.5 Å². The molecule has 1 aromatic heterocycles. The smallest absolute Gasteiger partial charge is 0.254 e. The summed E-state index contributed by atoms with van der Waals surface area (Å²) >= 11 is 0. The summed E-state index contributed by atoms with van der Waals surface area (Å²) < 4.78 is 13.0. The van der Waals surface area contributed by atoms with Gasteiger partial charge in [-0.25, -0.2) is 0 Å². The average molecular weight is 435 g/mol. The van der Waals surface area contributed by atoms with Crippen molar-refractivity contribution < 1.29 is 14.3 Å². The number of benzene rings is 2. The Morgan fingerprint density at radius 3 is 2.38 bits per heavy atom. The van der Waals surface area contributed by atoms with Crippen LogP contribution >= 0.6 is 0 Å². The fourth-order valence-electron chi connectivity index (χ4n) is 3.87. The minimum absolute atomic E-state index is 0.0124. The topological polar surface area (TPSA) is 43.7 Å². The molecule has 2 aromatic carbocycles.